The molecule has 0 saturated heterocycles. The van der Waals surface area contributed by atoms with Crippen molar-refractivity contribution >= 4 is 33.5 Å². The molecule has 0 aliphatic rings. The van der Waals surface area contributed by atoms with Crippen LogP contribution in [0.4, 0.5) is 11.6 Å². The van der Waals surface area contributed by atoms with Crippen LogP contribution in [0, 0.1) is 13.8 Å². The van der Waals surface area contributed by atoms with E-state index in [2.05, 4.69) is 5.32 Å². The van der Waals surface area contributed by atoms with Crippen molar-refractivity contribution in [2.45, 2.75) is 13.8 Å². The molecule has 0 atom stereocenters. The van der Waals surface area contributed by atoms with Crippen molar-refractivity contribution < 1.29 is 8.83 Å². The van der Waals surface area contributed by atoms with Crippen LogP contribution in [0.25, 0.3) is 33.1 Å². The van der Waals surface area contributed by atoms with E-state index in [1.807, 2.05) is 80.6 Å². The summed E-state index contributed by atoms with van der Waals surface area (Å²) < 4.78 is 11.9. The minimum Gasteiger partial charge on any atom is -0.439 e. The van der Waals surface area contributed by atoms with E-state index in [4.69, 9.17) is 8.83 Å². The highest BCUT2D eigenvalue weighted by Gasteiger charge is 2.22. The lowest BCUT2D eigenvalue weighted by Gasteiger charge is -2.09. The lowest BCUT2D eigenvalue weighted by molar-refractivity contribution is 0.566. The third-order valence-corrected chi connectivity index (χ3v) is 5.18. The minimum absolute atomic E-state index is 0.407. The first-order valence-electron chi connectivity index (χ1n) is 9.50. The predicted octanol–water partition coefficient (Wildman–Crippen LogP) is 6.57. The Balaban J connectivity index is 1.85. The monoisotopic (exact) mass is 381 g/mol. The standard InChI is InChI=1S/C25H19NO3/c1-15-11-13-17(14-12-15)21-22-23(18-8-4-6-10-20(18)28-25(22)27)29-24(21)26-19-9-5-3-7-16(19)2/h3-14,26H,1-2H3. The molecule has 0 spiro atoms. The molecule has 1 N–H and O–H groups in total. The molecule has 3 aromatic carbocycles. The summed E-state index contributed by atoms with van der Waals surface area (Å²) in [5.41, 5.74) is 5.40. The van der Waals surface area contributed by atoms with Crippen molar-refractivity contribution in [1.82, 2.24) is 0 Å². The molecule has 2 heterocycles. The number of hydrogen-bond acceptors (Lipinski definition) is 4. The van der Waals surface area contributed by atoms with Crippen LogP contribution in [0.1, 0.15) is 11.1 Å². The van der Waals surface area contributed by atoms with Crippen LogP contribution < -0.4 is 10.9 Å². The molecule has 4 nitrogen and oxygen atoms in total. The second kappa shape index (κ2) is 6.67. The van der Waals surface area contributed by atoms with Gasteiger partial charge in [0.25, 0.3) is 0 Å². The highest BCUT2D eigenvalue weighted by Crippen LogP contribution is 2.41. The molecule has 0 aliphatic carbocycles. The van der Waals surface area contributed by atoms with Crippen molar-refractivity contribution in [1.29, 1.82) is 0 Å². The summed E-state index contributed by atoms with van der Waals surface area (Å²) in [6.07, 6.45) is 0. The number of benzene rings is 3. The van der Waals surface area contributed by atoms with Crippen LogP contribution in [0.3, 0.4) is 0 Å². The van der Waals surface area contributed by atoms with Crippen LogP contribution in [0.5, 0.6) is 0 Å². The summed E-state index contributed by atoms with van der Waals surface area (Å²) in [7, 11) is 0. The molecule has 2 aromatic heterocycles. The maximum Gasteiger partial charge on any atom is 0.348 e. The van der Waals surface area contributed by atoms with Crippen molar-refractivity contribution in [3.8, 4) is 11.1 Å². The topological polar surface area (TPSA) is 55.4 Å². The lowest BCUT2D eigenvalue weighted by atomic mass is 10.0. The van der Waals surface area contributed by atoms with Crippen LogP contribution >= 0.6 is 0 Å². The van der Waals surface area contributed by atoms with Gasteiger partial charge < -0.3 is 14.2 Å². The third-order valence-electron chi connectivity index (χ3n) is 5.18. The summed E-state index contributed by atoms with van der Waals surface area (Å²) in [5, 5.41) is 4.61. The van der Waals surface area contributed by atoms with Gasteiger partial charge in [-0.2, -0.15) is 0 Å². The maximum atomic E-state index is 12.9. The van der Waals surface area contributed by atoms with Gasteiger partial charge in [-0.05, 0) is 43.2 Å². The largest absolute Gasteiger partial charge is 0.439 e. The maximum absolute atomic E-state index is 12.9. The molecule has 4 heteroatoms. The highest BCUT2D eigenvalue weighted by atomic mass is 16.4. The first-order chi connectivity index (χ1) is 14.1. The Kier molecular flexibility index (Phi) is 3.98. The molecular formula is C25H19NO3. The van der Waals surface area contributed by atoms with Crippen molar-refractivity contribution in [3.63, 3.8) is 0 Å². The van der Waals surface area contributed by atoms with Gasteiger partial charge in [0.1, 0.15) is 11.0 Å². The van der Waals surface area contributed by atoms with Gasteiger partial charge in [0.15, 0.2) is 5.58 Å². The lowest BCUT2D eigenvalue weighted by Crippen LogP contribution is -2.00. The number of nitrogens with one attached hydrogen (secondary N) is 1. The van der Waals surface area contributed by atoms with E-state index in [1.165, 1.54) is 0 Å². The number of para-hydroxylation sites is 2. The Bertz CT molecular complexity index is 1410. The highest BCUT2D eigenvalue weighted by molar-refractivity contribution is 6.10. The molecule has 0 radical (unpaired) electrons. The van der Waals surface area contributed by atoms with Crippen LogP contribution in [-0.4, -0.2) is 0 Å². The first-order valence-corrected chi connectivity index (χ1v) is 9.50. The van der Waals surface area contributed by atoms with E-state index < -0.39 is 5.63 Å². The Labute approximate surface area is 167 Å². The van der Waals surface area contributed by atoms with Crippen LogP contribution in [-0.2, 0) is 0 Å². The Morgan fingerprint density at radius 1 is 0.793 bits per heavy atom. The van der Waals surface area contributed by atoms with Crippen molar-refractivity contribution in [2.24, 2.45) is 0 Å². The van der Waals surface area contributed by atoms with Gasteiger partial charge in [-0.1, -0.05) is 60.2 Å². The van der Waals surface area contributed by atoms with E-state index in [1.54, 1.807) is 6.07 Å². The zero-order chi connectivity index (χ0) is 20.0. The molecule has 0 amide bonds. The quantitative estimate of drug-likeness (QED) is 0.359. The van der Waals surface area contributed by atoms with Gasteiger partial charge in [0.05, 0.1) is 10.9 Å². The fourth-order valence-electron chi connectivity index (χ4n) is 3.63. The van der Waals surface area contributed by atoms with E-state index in [-0.39, 0.29) is 0 Å². The number of fused-ring (bicyclic) bond motifs is 3. The van der Waals surface area contributed by atoms with Gasteiger partial charge >= 0.3 is 5.63 Å². The predicted molar refractivity (Wildman–Crippen MR) is 117 cm³/mol. The fourth-order valence-corrected chi connectivity index (χ4v) is 3.63. The van der Waals surface area contributed by atoms with Gasteiger partial charge in [0, 0.05) is 5.69 Å². The number of rotatable bonds is 3. The second-order valence-corrected chi connectivity index (χ2v) is 7.20. The molecule has 29 heavy (non-hydrogen) atoms. The summed E-state index contributed by atoms with van der Waals surface area (Å²) in [5.74, 6) is 0.529. The normalized spacial score (nSPS) is 11.2. The first kappa shape index (κ1) is 17.3. The molecule has 0 bridgehead atoms. The van der Waals surface area contributed by atoms with E-state index in [0.29, 0.717) is 28.0 Å². The Morgan fingerprint density at radius 2 is 1.52 bits per heavy atom. The summed E-state index contributed by atoms with van der Waals surface area (Å²) in [6, 6.07) is 23.4. The fraction of sp³-hybridized carbons (Fsp3) is 0.0800. The molecule has 0 fully saturated rings. The number of aryl methyl sites for hydroxylation is 2. The van der Waals surface area contributed by atoms with Gasteiger partial charge in [-0.15, -0.1) is 0 Å². The molecule has 0 aliphatic heterocycles. The second-order valence-electron chi connectivity index (χ2n) is 7.20. The van der Waals surface area contributed by atoms with Crippen LogP contribution in [0.2, 0.25) is 0 Å². The van der Waals surface area contributed by atoms with E-state index in [9.17, 15) is 4.79 Å². The Morgan fingerprint density at radius 3 is 2.31 bits per heavy atom. The zero-order valence-electron chi connectivity index (χ0n) is 16.2. The number of anilines is 2. The molecule has 5 aromatic rings. The van der Waals surface area contributed by atoms with Crippen molar-refractivity contribution in [2.75, 3.05) is 5.32 Å². The van der Waals surface area contributed by atoms with Gasteiger partial charge in [-0.3, -0.25) is 0 Å². The summed E-state index contributed by atoms with van der Waals surface area (Å²) >= 11 is 0. The van der Waals surface area contributed by atoms with Gasteiger partial charge in [-0.25, -0.2) is 4.79 Å². The number of furan rings is 1. The zero-order valence-corrected chi connectivity index (χ0v) is 16.2. The molecule has 5 rings (SSSR count). The average molecular weight is 381 g/mol. The minimum atomic E-state index is -0.407. The molecular weight excluding hydrogens is 362 g/mol. The van der Waals surface area contributed by atoms with E-state index in [0.717, 1.165) is 27.8 Å². The summed E-state index contributed by atoms with van der Waals surface area (Å²) in [6.45, 7) is 4.06. The third kappa shape index (κ3) is 2.90. The Hall–Kier alpha value is -3.79. The smallest absolute Gasteiger partial charge is 0.348 e. The van der Waals surface area contributed by atoms with Crippen molar-refractivity contribution in [3.05, 3.63) is 94.3 Å². The summed E-state index contributed by atoms with van der Waals surface area (Å²) in [4.78, 5) is 12.9. The van der Waals surface area contributed by atoms with Gasteiger partial charge in [0.2, 0.25) is 5.88 Å². The molecule has 0 saturated carbocycles. The van der Waals surface area contributed by atoms with Crippen LogP contribution in [0.15, 0.2) is 86.4 Å². The molecule has 142 valence electrons. The average Bonchev–Trinajstić information content (AvgIpc) is 3.10. The molecule has 0 unspecified atom stereocenters. The number of hydrogen-bond donors (Lipinski definition) is 1. The SMILES string of the molecule is Cc1ccc(-c2c(Nc3ccccc3C)oc3c2c(=O)oc2ccccc23)cc1. The van der Waals surface area contributed by atoms with E-state index >= 15 is 0 Å².